The molecule has 8 N–H and O–H groups in total. The Kier molecular flexibility index (Phi) is 15.4. The summed E-state index contributed by atoms with van der Waals surface area (Å²) < 4.78 is 35.8. The minimum atomic E-state index is -0.769. The van der Waals surface area contributed by atoms with Gasteiger partial charge in [-0.1, -0.05) is 6.08 Å². The lowest BCUT2D eigenvalue weighted by molar-refractivity contribution is -0.257. The maximum atomic E-state index is 12.6. The van der Waals surface area contributed by atoms with Gasteiger partial charge in [0.25, 0.3) is 0 Å². The number of hydrogen-bond acceptors (Lipinski definition) is 18. The molecule has 6 aliphatic rings. The number of aliphatic hydroxyl groups excluding tert-OH is 3. The van der Waals surface area contributed by atoms with Gasteiger partial charge < -0.3 is 69.1 Å². The molecule has 3 aromatic heterocycles. The summed E-state index contributed by atoms with van der Waals surface area (Å²) in [4.78, 5) is 6.61. The second-order valence-corrected chi connectivity index (χ2v) is 25.2. The lowest BCUT2D eigenvalue weighted by atomic mass is 9.79. The Hall–Kier alpha value is -5.06. The Labute approximate surface area is 467 Å². The summed E-state index contributed by atoms with van der Waals surface area (Å²) in [6, 6.07) is 18.1. The highest BCUT2D eigenvalue weighted by Crippen LogP contribution is 2.50. The predicted octanol–water partition coefficient (Wildman–Crippen LogP) is 7.83. The van der Waals surface area contributed by atoms with Crippen molar-refractivity contribution in [2.24, 2.45) is 5.92 Å². The molecular weight excluding hydrogens is 1020 g/mol. The fraction of sp³-hybridized carbons (Fsp3) is 0.581. The number of benzene rings is 3. The number of fused-ring (bicyclic) bond motifs is 6. The first-order valence-corrected chi connectivity index (χ1v) is 29.2. The lowest BCUT2D eigenvalue weighted by Crippen LogP contribution is -2.56. The molecule has 6 aliphatic heterocycles. The van der Waals surface area contributed by atoms with E-state index in [1.165, 1.54) is 10.1 Å². The van der Waals surface area contributed by atoms with Crippen LogP contribution < -0.4 is 30.2 Å². The quantitative estimate of drug-likeness (QED) is 0.0341. The van der Waals surface area contributed by atoms with Crippen LogP contribution in [0.1, 0.15) is 103 Å². The summed E-state index contributed by atoms with van der Waals surface area (Å²) in [6.45, 7) is 14.0. The molecule has 12 rings (SSSR count). The molecule has 10 unspecified atom stereocenters. The van der Waals surface area contributed by atoms with E-state index < -0.39 is 40.5 Å². The number of ether oxygens (including phenoxy) is 3. The van der Waals surface area contributed by atoms with Crippen molar-refractivity contribution in [3.8, 4) is 17.2 Å². The number of nitrogens with one attached hydrogen (secondary N) is 3. The molecule has 0 saturated carbocycles. The minimum Gasteiger partial charge on any atom is -0.487 e. The SMILES string of the molecule is CC1(CCC2(C)C(CNCC(O)C3CCc4cc5occc5cc4O3)CC(C)(CON3CCC(NCC(O)C4CCc5cc6occc6cc5O4)CC3)N2O)C=C(CNCC(O)C2CCc3cc4occc4cc3O2)C(C)(C)N1O. The number of piperidine rings is 1. The number of hydroxylamine groups is 6. The second kappa shape index (κ2) is 22.3. The highest BCUT2D eigenvalue weighted by atomic mass is 16.7. The fourth-order valence-corrected chi connectivity index (χ4v) is 13.9. The van der Waals surface area contributed by atoms with Crippen LogP contribution in [0.5, 0.6) is 17.2 Å². The van der Waals surface area contributed by atoms with Gasteiger partial charge in [-0.3, -0.25) is 4.84 Å². The monoisotopic (exact) mass is 1100 g/mol. The molecule has 6 aromatic rings. The number of rotatable bonds is 20. The van der Waals surface area contributed by atoms with Gasteiger partial charge >= 0.3 is 0 Å². The molecular formula is C62H82N6O12. The van der Waals surface area contributed by atoms with Crippen LogP contribution in [-0.4, -0.2) is 158 Å². The average molecular weight is 1100 g/mol. The summed E-state index contributed by atoms with van der Waals surface area (Å²) in [7, 11) is 0. The summed E-state index contributed by atoms with van der Waals surface area (Å²) in [5, 5.41) is 77.4. The van der Waals surface area contributed by atoms with Crippen molar-refractivity contribution in [1.82, 2.24) is 31.1 Å². The summed E-state index contributed by atoms with van der Waals surface area (Å²) >= 11 is 0. The second-order valence-electron chi connectivity index (χ2n) is 25.2. The topological polar surface area (TPSA) is 223 Å². The lowest BCUT2D eigenvalue weighted by Gasteiger charge is -2.44. The van der Waals surface area contributed by atoms with Crippen molar-refractivity contribution in [3.63, 3.8) is 0 Å². The zero-order chi connectivity index (χ0) is 55.6. The molecule has 9 heterocycles. The summed E-state index contributed by atoms with van der Waals surface area (Å²) in [5.74, 6) is 2.31. The van der Waals surface area contributed by atoms with Gasteiger partial charge in [-0.15, -0.1) is 0 Å². The van der Waals surface area contributed by atoms with Crippen molar-refractivity contribution in [2.45, 2.75) is 170 Å². The van der Waals surface area contributed by atoms with E-state index in [2.05, 4.69) is 35.9 Å². The molecule has 18 heteroatoms. The summed E-state index contributed by atoms with van der Waals surface area (Å²) in [5.41, 5.74) is 3.79. The Morgan fingerprint density at radius 3 is 1.61 bits per heavy atom. The fourth-order valence-electron chi connectivity index (χ4n) is 13.9. The van der Waals surface area contributed by atoms with Crippen LogP contribution in [0.3, 0.4) is 0 Å². The zero-order valence-electron chi connectivity index (χ0n) is 47.0. The molecule has 0 radical (unpaired) electrons. The van der Waals surface area contributed by atoms with E-state index in [4.69, 9.17) is 32.3 Å². The van der Waals surface area contributed by atoms with Crippen LogP contribution in [0, 0.1) is 5.92 Å². The van der Waals surface area contributed by atoms with Gasteiger partial charge in [-0.05, 0) is 195 Å². The molecule has 0 amide bonds. The molecule has 0 aliphatic carbocycles. The molecule has 2 fully saturated rings. The summed E-state index contributed by atoms with van der Waals surface area (Å²) in [6.07, 6.45) is 11.9. The van der Waals surface area contributed by atoms with Crippen LogP contribution in [0.4, 0.5) is 0 Å². The number of nitrogens with zero attached hydrogens (tertiary/aromatic N) is 3. The Morgan fingerprint density at radius 1 is 0.613 bits per heavy atom. The third-order valence-electron chi connectivity index (χ3n) is 19.1. The van der Waals surface area contributed by atoms with Crippen LogP contribution in [-0.2, 0) is 24.1 Å². The average Bonchev–Trinajstić information content (AvgIpc) is 4.39. The molecule has 2 saturated heterocycles. The molecule has 0 bridgehead atoms. The van der Waals surface area contributed by atoms with Gasteiger partial charge in [0.15, 0.2) is 0 Å². The normalized spacial score (nSPS) is 29.4. The maximum Gasteiger partial charge on any atom is 0.134 e. The smallest absolute Gasteiger partial charge is 0.134 e. The maximum absolute atomic E-state index is 12.6. The molecule has 432 valence electrons. The van der Waals surface area contributed by atoms with Gasteiger partial charge in [0, 0.05) is 67.0 Å². The third-order valence-corrected chi connectivity index (χ3v) is 19.1. The van der Waals surface area contributed by atoms with E-state index in [-0.39, 0.29) is 36.9 Å². The van der Waals surface area contributed by atoms with Crippen molar-refractivity contribution in [1.29, 1.82) is 0 Å². The van der Waals surface area contributed by atoms with E-state index in [1.54, 1.807) is 18.8 Å². The first kappa shape index (κ1) is 55.5. The molecule has 80 heavy (non-hydrogen) atoms. The number of furan rings is 3. The largest absolute Gasteiger partial charge is 0.487 e. The first-order chi connectivity index (χ1) is 38.4. The number of hydrogen-bond donors (Lipinski definition) is 8. The highest BCUT2D eigenvalue weighted by Gasteiger charge is 2.58. The van der Waals surface area contributed by atoms with Crippen molar-refractivity contribution in [2.75, 3.05) is 52.4 Å². The van der Waals surface area contributed by atoms with Gasteiger partial charge in [-0.25, -0.2) is 0 Å². The Morgan fingerprint density at radius 2 is 1.10 bits per heavy atom. The minimum absolute atomic E-state index is 0.0678. The number of aliphatic hydroxyl groups is 3. The van der Waals surface area contributed by atoms with Crippen LogP contribution in [0.15, 0.2) is 98.3 Å². The highest BCUT2D eigenvalue weighted by molar-refractivity contribution is 5.82. The third kappa shape index (κ3) is 10.9. The van der Waals surface area contributed by atoms with Gasteiger partial charge in [0.1, 0.15) is 70.6 Å². The van der Waals surface area contributed by atoms with Crippen molar-refractivity contribution < 1.29 is 58.0 Å². The van der Waals surface area contributed by atoms with E-state index >= 15 is 0 Å². The Bertz CT molecular complexity index is 3170. The van der Waals surface area contributed by atoms with E-state index in [0.29, 0.717) is 77.9 Å². The standard InChI is InChI=1S/C62H82N6O12/c1-59(2)44(32-63-34-47(69)50-9-6-38-24-53-41(14-21-74-53)27-56(38)78-50)30-60(3,67(59)72)17-18-62(5)45(33-64-35-48(70)51-10-7-39-25-54-42(15-22-75-54)28-57(39)79-51)31-61(4,68(62)73)37-77-66-19-12-46(13-20-66)65-36-49(71)52-11-8-40-26-55-43(16-23-76-55)29-58(40)80-52/h14-16,21-30,45-52,63-65,69-73H,6-13,17-20,31-37H2,1-5H3. The first-order valence-electron chi connectivity index (χ1n) is 29.2. The zero-order valence-corrected chi connectivity index (χ0v) is 47.0. The van der Waals surface area contributed by atoms with Crippen molar-refractivity contribution in [3.05, 3.63) is 102 Å². The van der Waals surface area contributed by atoms with Crippen molar-refractivity contribution >= 4 is 32.9 Å². The van der Waals surface area contributed by atoms with Crippen LogP contribution in [0.25, 0.3) is 32.9 Å². The van der Waals surface area contributed by atoms with Crippen LogP contribution >= 0.6 is 0 Å². The van der Waals surface area contributed by atoms with E-state index in [1.807, 2.05) is 80.4 Å². The van der Waals surface area contributed by atoms with Gasteiger partial charge in [0.05, 0.1) is 42.0 Å². The molecule has 3 aromatic carbocycles. The van der Waals surface area contributed by atoms with Gasteiger partial charge in [0.2, 0.25) is 0 Å². The Balaban J connectivity index is 0.665. The van der Waals surface area contributed by atoms with E-state index in [0.717, 1.165) is 111 Å². The molecule has 0 spiro atoms. The number of aryl methyl sites for hydroxylation is 3. The van der Waals surface area contributed by atoms with E-state index in [9.17, 15) is 25.7 Å². The predicted molar refractivity (Wildman–Crippen MR) is 301 cm³/mol. The van der Waals surface area contributed by atoms with Gasteiger partial charge in [-0.2, -0.15) is 15.2 Å². The van der Waals surface area contributed by atoms with Crippen LogP contribution in [0.2, 0.25) is 0 Å². The molecule has 10 atom stereocenters. The molecule has 18 nitrogen and oxygen atoms in total.